The smallest absolute Gasteiger partial charge is 0.269 e. The number of nitrogens with one attached hydrogen (secondary N) is 2. The van der Waals surface area contributed by atoms with Gasteiger partial charge < -0.3 is 10.6 Å². The molecular weight excluding hydrogens is 294 g/mol. The second-order valence-electron chi connectivity index (χ2n) is 5.15. The Kier molecular flexibility index (Phi) is 5.27. The molecule has 7 nitrogen and oxygen atoms in total. The third-order valence-electron chi connectivity index (χ3n) is 3.44. The average molecular weight is 313 g/mol. The summed E-state index contributed by atoms with van der Waals surface area (Å²) in [5.41, 5.74) is 1.06. The molecule has 21 heavy (non-hydrogen) atoms. The topological polar surface area (TPSA) is 101 Å². The lowest BCUT2D eigenvalue weighted by atomic mass is 10.2. The van der Waals surface area contributed by atoms with Crippen molar-refractivity contribution in [1.29, 1.82) is 0 Å². The third kappa shape index (κ3) is 5.07. The summed E-state index contributed by atoms with van der Waals surface area (Å²) in [5.74, 6) is 0.510. The van der Waals surface area contributed by atoms with Crippen LogP contribution in [0, 0.1) is 10.1 Å². The molecule has 2 rings (SSSR count). The van der Waals surface area contributed by atoms with E-state index >= 15 is 0 Å². The van der Waals surface area contributed by atoms with Gasteiger partial charge in [-0.2, -0.15) is 0 Å². The number of hydrogen-bond donors (Lipinski definition) is 2. The molecule has 1 saturated heterocycles. The monoisotopic (exact) mass is 313 g/mol. The van der Waals surface area contributed by atoms with Crippen LogP contribution in [0.15, 0.2) is 24.3 Å². The summed E-state index contributed by atoms with van der Waals surface area (Å²) in [7, 11) is -2.83. The summed E-state index contributed by atoms with van der Waals surface area (Å²) in [6, 6.07) is 6.48. The van der Waals surface area contributed by atoms with Crippen LogP contribution in [0.2, 0.25) is 0 Å². The molecular formula is C13H19N3O4S. The summed E-state index contributed by atoms with van der Waals surface area (Å²) in [4.78, 5) is 10.1. The first-order valence-electron chi connectivity index (χ1n) is 6.84. The van der Waals surface area contributed by atoms with Crippen molar-refractivity contribution in [3.8, 4) is 0 Å². The van der Waals surface area contributed by atoms with Crippen LogP contribution in [-0.4, -0.2) is 44.0 Å². The molecule has 0 spiro atoms. The highest BCUT2D eigenvalue weighted by Gasteiger charge is 2.26. The largest absolute Gasteiger partial charge is 0.312 e. The molecule has 0 amide bonds. The van der Waals surface area contributed by atoms with E-state index in [1.807, 2.05) is 0 Å². The predicted molar refractivity (Wildman–Crippen MR) is 79.9 cm³/mol. The van der Waals surface area contributed by atoms with Gasteiger partial charge in [0.25, 0.3) is 5.69 Å². The molecule has 0 saturated carbocycles. The van der Waals surface area contributed by atoms with E-state index in [2.05, 4.69) is 10.6 Å². The van der Waals surface area contributed by atoms with Crippen LogP contribution < -0.4 is 10.6 Å². The van der Waals surface area contributed by atoms with Gasteiger partial charge in [-0.05, 0) is 12.0 Å². The third-order valence-corrected chi connectivity index (χ3v) is 5.21. The van der Waals surface area contributed by atoms with Crippen LogP contribution in [0.25, 0.3) is 0 Å². The van der Waals surface area contributed by atoms with E-state index in [-0.39, 0.29) is 23.2 Å². The Morgan fingerprint density at radius 1 is 1.24 bits per heavy atom. The van der Waals surface area contributed by atoms with Gasteiger partial charge in [-0.3, -0.25) is 10.1 Å². The maximum absolute atomic E-state index is 11.3. The molecule has 116 valence electrons. The van der Waals surface area contributed by atoms with Crippen molar-refractivity contribution < 1.29 is 13.3 Å². The van der Waals surface area contributed by atoms with Crippen LogP contribution in [0.1, 0.15) is 12.0 Å². The zero-order chi connectivity index (χ0) is 15.3. The molecule has 1 atom stereocenters. The van der Waals surface area contributed by atoms with Crippen molar-refractivity contribution >= 4 is 15.5 Å². The Morgan fingerprint density at radius 3 is 2.52 bits per heavy atom. The van der Waals surface area contributed by atoms with Crippen LogP contribution in [-0.2, 0) is 16.4 Å². The van der Waals surface area contributed by atoms with E-state index in [4.69, 9.17) is 0 Å². The van der Waals surface area contributed by atoms with Gasteiger partial charge in [0.1, 0.15) is 0 Å². The molecule has 1 aromatic carbocycles. The molecule has 1 aromatic rings. The van der Waals surface area contributed by atoms with Gasteiger partial charge in [-0.25, -0.2) is 8.42 Å². The van der Waals surface area contributed by atoms with Gasteiger partial charge >= 0.3 is 0 Å². The van der Waals surface area contributed by atoms with Crippen molar-refractivity contribution in [3.63, 3.8) is 0 Å². The first-order valence-corrected chi connectivity index (χ1v) is 8.66. The van der Waals surface area contributed by atoms with Gasteiger partial charge in [0, 0.05) is 37.8 Å². The van der Waals surface area contributed by atoms with Gasteiger partial charge in [-0.1, -0.05) is 12.1 Å². The minimum absolute atomic E-state index is 0.0659. The summed E-state index contributed by atoms with van der Waals surface area (Å²) in [6.07, 6.45) is 0.685. The Hall–Kier alpha value is -1.51. The zero-order valence-electron chi connectivity index (χ0n) is 11.6. The van der Waals surface area contributed by atoms with Gasteiger partial charge in [0.15, 0.2) is 9.84 Å². The fraction of sp³-hybridized carbons (Fsp3) is 0.538. The minimum atomic E-state index is -2.83. The maximum Gasteiger partial charge on any atom is 0.269 e. The van der Waals surface area contributed by atoms with Crippen molar-refractivity contribution in [2.24, 2.45) is 0 Å². The molecule has 1 aliphatic heterocycles. The highest BCUT2D eigenvalue weighted by atomic mass is 32.2. The molecule has 8 heteroatoms. The fourth-order valence-corrected chi connectivity index (χ4v) is 4.00. The highest BCUT2D eigenvalue weighted by molar-refractivity contribution is 7.91. The molecule has 1 heterocycles. The second kappa shape index (κ2) is 6.97. The van der Waals surface area contributed by atoms with Crippen molar-refractivity contribution in [2.75, 3.05) is 24.6 Å². The van der Waals surface area contributed by atoms with Crippen LogP contribution in [0.4, 0.5) is 5.69 Å². The maximum atomic E-state index is 11.3. The van der Waals surface area contributed by atoms with E-state index in [1.54, 1.807) is 12.1 Å². The van der Waals surface area contributed by atoms with Gasteiger partial charge in [0.2, 0.25) is 0 Å². The van der Waals surface area contributed by atoms with Crippen molar-refractivity contribution in [1.82, 2.24) is 10.6 Å². The van der Waals surface area contributed by atoms with Crippen LogP contribution >= 0.6 is 0 Å². The lowest BCUT2D eigenvalue weighted by molar-refractivity contribution is -0.384. The average Bonchev–Trinajstić information content (AvgIpc) is 2.78. The van der Waals surface area contributed by atoms with E-state index in [1.165, 1.54) is 12.1 Å². The first-order chi connectivity index (χ1) is 9.96. The zero-order valence-corrected chi connectivity index (χ0v) is 12.4. The lowest BCUT2D eigenvalue weighted by Crippen LogP contribution is -2.35. The van der Waals surface area contributed by atoms with E-state index in [0.29, 0.717) is 26.1 Å². The number of nitrogens with zero attached hydrogens (tertiary/aromatic N) is 1. The quantitative estimate of drug-likeness (QED) is 0.431. The standard InChI is InChI=1S/C13H19N3O4S/c17-16(18)13-3-1-11(2-4-13)9-14-6-7-15-12-5-8-21(19,20)10-12/h1-4,12,14-15H,5-10H2/t12-/m0/s1. The Bertz CT molecular complexity index is 586. The number of nitro groups is 1. The molecule has 2 N–H and O–H groups in total. The van der Waals surface area contributed by atoms with Crippen LogP contribution in [0.5, 0.6) is 0 Å². The van der Waals surface area contributed by atoms with Crippen LogP contribution in [0.3, 0.4) is 0 Å². The van der Waals surface area contributed by atoms with E-state index in [0.717, 1.165) is 5.56 Å². The first kappa shape index (κ1) is 15.9. The minimum Gasteiger partial charge on any atom is -0.312 e. The molecule has 0 aromatic heterocycles. The predicted octanol–water partition coefficient (Wildman–Crippen LogP) is 0.461. The summed E-state index contributed by atoms with van der Waals surface area (Å²) >= 11 is 0. The Balaban J connectivity index is 1.63. The number of benzene rings is 1. The van der Waals surface area contributed by atoms with E-state index in [9.17, 15) is 18.5 Å². The summed E-state index contributed by atoms with van der Waals surface area (Å²) in [5, 5.41) is 17.0. The number of hydrogen-bond acceptors (Lipinski definition) is 6. The van der Waals surface area contributed by atoms with Gasteiger partial charge in [0.05, 0.1) is 16.4 Å². The number of non-ortho nitro benzene ring substituents is 1. The molecule has 1 fully saturated rings. The number of nitro benzene ring substituents is 1. The van der Waals surface area contributed by atoms with E-state index < -0.39 is 14.8 Å². The molecule has 0 bridgehead atoms. The molecule has 0 unspecified atom stereocenters. The molecule has 0 radical (unpaired) electrons. The Morgan fingerprint density at radius 2 is 1.95 bits per heavy atom. The second-order valence-corrected chi connectivity index (χ2v) is 7.38. The SMILES string of the molecule is O=[N+]([O-])c1ccc(CNCCN[C@H]2CCS(=O)(=O)C2)cc1. The lowest BCUT2D eigenvalue weighted by Gasteiger charge is -2.11. The Labute approximate surface area is 123 Å². The van der Waals surface area contributed by atoms with Gasteiger partial charge in [-0.15, -0.1) is 0 Å². The fourth-order valence-electron chi connectivity index (χ4n) is 2.29. The molecule has 0 aliphatic carbocycles. The number of rotatable bonds is 7. The summed E-state index contributed by atoms with van der Waals surface area (Å²) in [6.45, 7) is 2.04. The molecule has 1 aliphatic rings. The normalized spacial score (nSPS) is 20.5. The summed E-state index contributed by atoms with van der Waals surface area (Å²) < 4.78 is 22.6. The number of sulfone groups is 1. The van der Waals surface area contributed by atoms with Crippen molar-refractivity contribution in [3.05, 3.63) is 39.9 Å². The van der Waals surface area contributed by atoms with Crippen molar-refractivity contribution in [2.45, 2.75) is 19.0 Å². The highest BCUT2D eigenvalue weighted by Crippen LogP contribution is 2.12.